The summed E-state index contributed by atoms with van der Waals surface area (Å²) in [7, 11) is 0. The minimum Gasteiger partial charge on any atom is -0.556 e. The van der Waals surface area contributed by atoms with Crippen molar-refractivity contribution in [2.45, 2.75) is 19.3 Å². The topological polar surface area (TPSA) is 89.8 Å². The van der Waals surface area contributed by atoms with Crippen LogP contribution in [0.3, 0.4) is 0 Å². The summed E-state index contributed by atoms with van der Waals surface area (Å²) in [5.41, 5.74) is 1.70. The fourth-order valence-electron chi connectivity index (χ4n) is 4.65. The molecule has 5 aromatic rings. The van der Waals surface area contributed by atoms with Gasteiger partial charge in [-0.3, -0.25) is 4.79 Å². The summed E-state index contributed by atoms with van der Waals surface area (Å²) in [5, 5.41) is 38.4. The van der Waals surface area contributed by atoms with Crippen molar-refractivity contribution in [3.8, 4) is 0 Å². The number of carbonyl (C=O) groups excluding carboxylic acids is 1. The van der Waals surface area contributed by atoms with Crippen LogP contribution in [-0.2, 0) is 6.42 Å². The van der Waals surface area contributed by atoms with Crippen LogP contribution >= 0.6 is 0 Å². The summed E-state index contributed by atoms with van der Waals surface area (Å²) in [6.07, 6.45) is 2.74. The van der Waals surface area contributed by atoms with E-state index in [9.17, 15) is 19.9 Å². The zero-order chi connectivity index (χ0) is 23.0. The van der Waals surface area contributed by atoms with Crippen molar-refractivity contribution in [1.29, 1.82) is 0 Å². The van der Waals surface area contributed by atoms with Crippen LogP contribution in [0.2, 0.25) is 0 Å². The van der Waals surface area contributed by atoms with Gasteiger partial charge in [-0.05, 0) is 57.1 Å². The second kappa shape index (κ2) is 8.48. The van der Waals surface area contributed by atoms with Crippen LogP contribution in [0.1, 0.15) is 28.8 Å². The van der Waals surface area contributed by atoms with Crippen LogP contribution in [0.4, 0.5) is 0 Å². The van der Waals surface area contributed by atoms with E-state index in [2.05, 4.69) is 59.9 Å². The lowest BCUT2D eigenvalue weighted by atomic mass is 9.71. The molecule has 0 radical (unpaired) electrons. The first-order valence-corrected chi connectivity index (χ1v) is 11.3. The highest BCUT2D eigenvalue weighted by Crippen LogP contribution is 2.36. The van der Waals surface area contributed by atoms with Crippen molar-refractivity contribution in [2.75, 3.05) is 6.54 Å². The molecule has 5 aromatic carbocycles. The van der Waals surface area contributed by atoms with E-state index < -0.39 is 6.75 Å². The van der Waals surface area contributed by atoms with Gasteiger partial charge < -0.3 is 20.4 Å². The van der Waals surface area contributed by atoms with E-state index in [1.165, 1.54) is 62.1 Å². The van der Waals surface area contributed by atoms with E-state index in [-0.39, 0.29) is 11.4 Å². The molecule has 0 saturated heterocycles. The number of benzene rings is 5. The zero-order valence-corrected chi connectivity index (χ0v) is 18.2. The van der Waals surface area contributed by atoms with Crippen LogP contribution in [0, 0.1) is 0 Å². The molecule has 0 bridgehead atoms. The van der Waals surface area contributed by atoms with Crippen molar-refractivity contribution in [3.63, 3.8) is 0 Å². The standard InChI is InChI=1S/C27H25BNO4/c30-27(22-11-14-23(15-12-22)28(31,32)33)29-17-2-1-4-18-7-8-21-10-9-19-5-3-6-20-13-16-24(18)26(21)25(19)20/h3,5-16,31-33H,1-2,4,17H2,(H,29,30)/q-1. The van der Waals surface area contributed by atoms with Gasteiger partial charge in [0.1, 0.15) is 0 Å². The molecule has 0 aliphatic rings. The average molecular weight is 438 g/mol. The summed E-state index contributed by atoms with van der Waals surface area (Å²) in [4.78, 5) is 12.3. The monoisotopic (exact) mass is 438 g/mol. The Morgan fingerprint density at radius 3 is 2.06 bits per heavy atom. The van der Waals surface area contributed by atoms with Gasteiger partial charge in [0.05, 0.1) is 0 Å². The molecule has 1 amide bonds. The Morgan fingerprint density at radius 1 is 0.727 bits per heavy atom. The molecule has 0 aliphatic heterocycles. The number of amides is 1. The highest BCUT2D eigenvalue weighted by atomic mass is 16.5. The summed E-state index contributed by atoms with van der Waals surface area (Å²) >= 11 is 0. The molecule has 0 unspecified atom stereocenters. The van der Waals surface area contributed by atoms with E-state index in [1.54, 1.807) is 0 Å². The molecule has 5 rings (SSSR count). The van der Waals surface area contributed by atoms with Crippen molar-refractivity contribution < 1.29 is 19.9 Å². The number of unbranched alkanes of at least 4 members (excludes halogenated alkanes) is 1. The van der Waals surface area contributed by atoms with Crippen LogP contribution in [0.15, 0.2) is 78.9 Å². The number of hydrogen-bond donors (Lipinski definition) is 4. The van der Waals surface area contributed by atoms with Gasteiger partial charge in [-0.1, -0.05) is 78.9 Å². The van der Waals surface area contributed by atoms with Crippen molar-refractivity contribution >= 4 is 50.4 Å². The normalized spacial score (nSPS) is 12.1. The Labute approximate surface area is 191 Å². The van der Waals surface area contributed by atoms with Crippen LogP contribution in [-0.4, -0.2) is 34.3 Å². The van der Waals surface area contributed by atoms with Gasteiger partial charge in [0, 0.05) is 12.1 Å². The summed E-state index contributed by atoms with van der Waals surface area (Å²) < 4.78 is 0. The third-order valence-corrected chi connectivity index (χ3v) is 6.40. The molecule has 0 heterocycles. The number of nitrogens with one attached hydrogen (secondary N) is 1. The molecule has 0 spiro atoms. The Kier molecular flexibility index (Phi) is 5.50. The van der Waals surface area contributed by atoms with Crippen LogP contribution in [0.5, 0.6) is 0 Å². The quantitative estimate of drug-likeness (QED) is 0.178. The maximum atomic E-state index is 12.3. The molecule has 0 aliphatic carbocycles. The molecule has 0 saturated carbocycles. The third-order valence-electron chi connectivity index (χ3n) is 6.40. The van der Waals surface area contributed by atoms with Gasteiger partial charge in [0.2, 0.25) is 0 Å². The second-order valence-electron chi connectivity index (χ2n) is 8.65. The summed E-state index contributed by atoms with van der Waals surface area (Å²) in [5.74, 6) is -0.226. The second-order valence-corrected chi connectivity index (χ2v) is 8.65. The Morgan fingerprint density at radius 2 is 1.36 bits per heavy atom. The van der Waals surface area contributed by atoms with Crippen LogP contribution in [0.25, 0.3) is 32.3 Å². The van der Waals surface area contributed by atoms with Crippen molar-refractivity contribution in [2.24, 2.45) is 0 Å². The first-order valence-electron chi connectivity index (χ1n) is 11.3. The SMILES string of the molecule is O=C(NCCCCc1ccc2ccc3cccc4ccc1c2c34)c1ccc([B-](O)(O)O)cc1. The highest BCUT2D eigenvalue weighted by Gasteiger charge is 2.18. The van der Waals surface area contributed by atoms with E-state index >= 15 is 0 Å². The predicted molar refractivity (Wildman–Crippen MR) is 134 cm³/mol. The maximum absolute atomic E-state index is 12.3. The summed E-state index contributed by atoms with van der Waals surface area (Å²) in [6, 6.07) is 25.3. The van der Waals surface area contributed by atoms with Gasteiger partial charge in [0.25, 0.3) is 5.91 Å². The first kappa shape index (κ1) is 21.4. The number of hydrogen-bond acceptors (Lipinski definition) is 4. The van der Waals surface area contributed by atoms with Gasteiger partial charge in [-0.15, -0.1) is 5.46 Å². The van der Waals surface area contributed by atoms with E-state index in [0.717, 1.165) is 19.3 Å². The first-order chi connectivity index (χ1) is 15.9. The van der Waals surface area contributed by atoms with Gasteiger partial charge in [0.15, 0.2) is 0 Å². The minimum atomic E-state index is -3.55. The molecule has 33 heavy (non-hydrogen) atoms. The zero-order valence-electron chi connectivity index (χ0n) is 18.2. The molecular formula is C27H25BNO4-. The van der Waals surface area contributed by atoms with E-state index in [0.29, 0.717) is 12.1 Å². The molecule has 0 atom stereocenters. The fourth-order valence-corrected chi connectivity index (χ4v) is 4.65. The Balaban J connectivity index is 1.22. The highest BCUT2D eigenvalue weighted by molar-refractivity contribution is 6.71. The number of carbonyl (C=O) groups is 1. The van der Waals surface area contributed by atoms with E-state index in [1.807, 2.05) is 0 Å². The third kappa shape index (κ3) is 4.16. The molecule has 0 aromatic heterocycles. The molecule has 6 heteroatoms. The smallest absolute Gasteiger partial charge is 0.402 e. The lowest BCUT2D eigenvalue weighted by Crippen LogP contribution is -2.48. The summed E-state index contributed by atoms with van der Waals surface area (Å²) in [6.45, 7) is -2.99. The molecule has 0 fully saturated rings. The molecular weight excluding hydrogens is 413 g/mol. The molecule has 166 valence electrons. The van der Waals surface area contributed by atoms with E-state index in [4.69, 9.17) is 0 Å². The fraction of sp³-hybridized carbons (Fsp3) is 0.148. The van der Waals surface area contributed by atoms with Gasteiger partial charge in [-0.25, -0.2) is 0 Å². The van der Waals surface area contributed by atoms with Crippen LogP contribution < -0.4 is 10.8 Å². The van der Waals surface area contributed by atoms with Gasteiger partial charge in [-0.2, -0.15) is 0 Å². The lowest BCUT2D eigenvalue weighted by Gasteiger charge is -2.21. The number of rotatable bonds is 7. The van der Waals surface area contributed by atoms with Crippen molar-refractivity contribution in [3.05, 3.63) is 90.0 Å². The Bertz CT molecular complexity index is 1420. The molecule has 4 N–H and O–H groups in total. The lowest BCUT2D eigenvalue weighted by molar-refractivity contribution is 0.0953. The predicted octanol–water partition coefficient (Wildman–Crippen LogP) is 3.46. The Hall–Kier alpha value is -3.45. The molecule has 5 nitrogen and oxygen atoms in total. The minimum absolute atomic E-state index is 0.0279. The van der Waals surface area contributed by atoms with Gasteiger partial charge >= 0.3 is 6.75 Å². The largest absolute Gasteiger partial charge is 0.556 e. The average Bonchev–Trinajstić information content (AvgIpc) is 2.82. The maximum Gasteiger partial charge on any atom is 0.402 e. The number of aryl methyl sites for hydroxylation is 1. The van der Waals surface area contributed by atoms with Crippen molar-refractivity contribution in [1.82, 2.24) is 5.32 Å².